The molecule has 0 bridgehead atoms. The Morgan fingerprint density at radius 1 is 1.17 bits per heavy atom. The van der Waals surface area contributed by atoms with E-state index in [4.69, 9.17) is 0 Å². The molecule has 4 nitrogen and oxygen atoms in total. The number of aromatic nitrogens is 2. The van der Waals surface area contributed by atoms with E-state index in [9.17, 15) is 9.18 Å². The molecule has 23 heavy (non-hydrogen) atoms. The average molecular weight is 307 g/mol. The van der Waals surface area contributed by atoms with Crippen LogP contribution < -0.4 is 0 Å². The topological polar surface area (TPSA) is 49.0 Å². The van der Waals surface area contributed by atoms with Gasteiger partial charge < -0.3 is 4.90 Å². The van der Waals surface area contributed by atoms with E-state index in [0.29, 0.717) is 18.7 Å². The second-order valence-electron chi connectivity index (χ2n) is 5.65. The molecule has 0 saturated carbocycles. The Labute approximate surface area is 132 Å². The molecule has 3 aromatic rings. The van der Waals surface area contributed by atoms with Gasteiger partial charge in [0.1, 0.15) is 5.82 Å². The fourth-order valence-electron chi connectivity index (χ4n) is 2.93. The first-order valence-corrected chi connectivity index (χ1v) is 7.36. The lowest BCUT2D eigenvalue weighted by Crippen LogP contribution is -2.23. The molecule has 2 heterocycles. The zero-order valence-electron chi connectivity index (χ0n) is 12.3. The van der Waals surface area contributed by atoms with Crippen LogP contribution in [-0.4, -0.2) is 21.0 Å². The molecular formula is C18H14FN3O. The van der Waals surface area contributed by atoms with E-state index in [0.717, 1.165) is 22.3 Å². The highest BCUT2D eigenvalue weighted by atomic mass is 19.1. The highest BCUT2D eigenvalue weighted by Crippen LogP contribution is 2.29. The van der Waals surface area contributed by atoms with E-state index in [1.54, 1.807) is 23.4 Å². The van der Waals surface area contributed by atoms with Crippen LogP contribution in [0.1, 0.15) is 21.5 Å². The first-order valence-electron chi connectivity index (χ1n) is 7.36. The Morgan fingerprint density at radius 3 is 2.87 bits per heavy atom. The van der Waals surface area contributed by atoms with Gasteiger partial charge in [0.25, 0.3) is 5.91 Å². The second kappa shape index (κ2) is 5.35. The molecule has 0 atom stereocenters. The van der Waals surface area contributed by atoms with Gasteiger partial charge in [-0.3, -0.25) is 9.89 Å². The van der Waals surface area contributed by atoms with Crippen LogP contribution in [0, 0.1) is 5.82 Å². The molecule has 0 spiro atoms. The smallest absolute Gasteiger partial charge is 0.254 e. The summed E-state index contributed by atoms with van der Waals surface area (Å²) in [5, 5.41) is 6.71. The van der Waals surface area contributed by atoms with Crippen molar-refractivity contribution in [3.05, 3.63) is 77.4 Å². The standard InChI is InChI=1S/C18H14FN3O/c19-16-3-1-2-12(6-16)10-22-11-14-5-4-13(7-17(14)18(22)23)15-8-20-21-9-15/h1-9H,10-11H2,(H,20,21). The molecule has 0 saturated heterocycles. The minimum Gasteiger partial charge on any atom is -0.330 e. The number of aromatic amines is 1. The Kier molecular flexibility index (Phi) is 3.19. The average Bonchev–Trinajstić information content (AvgIpc) is 3.17. The highest BCUT2D eigenvalue weighted by Gasteiger charge is 2.27. The van der Waals surface area contributed by atoms with Gasteiger partial charge in [0.05, 0.1) is 6.20 Å². The van der Waals surface area contributed by atoms with Gasteiger partial charge in [0.15, 0.2) is 0 Å². The number of carbonyl (C=O) groups is 1. The van der Waals surface area contributed by atoms with Gasteiger partial charge in [-0.15, -0.1) is 0 Å². The maximum atomic E-state index is 13.3. The minimum absolute atomic E-state index is 0.0189. The number of hydrogen-bond donors (Lipinski definition) is 1. The summed E-state index contributed by atoms with van der Waals surface area (Å²) in [6.07, 6.45) is 3.53. The molecule has 1 N–H and O–H groups in total. The lowest BCUT2D eigenvalue weighted by atomic mass is 10.0. The molecule has 1 aromatic heterocycles. The van der Waals surface area contributed by atoms with Crippen LogP contribution in [0.2, 0.25) is 0 Å². The van der Waals surface area contributed by atoms with E-state index >= 15 is 0 Å². The van der Waals surface area contributed by atoms with Crippen molar-refractivity contribution in [3.63, 3.8) is 0 Å². The second-order valence-corrected chi connectivity index (χ2v) is 5.65. The molecule has 1 aliphatic heterocycles. The predicted octanol–water partition coefficient (Wildman–Crippen LogP) is 3.37. The fraction of sp³-hybridized carbons (Fsp3) is 0.111. The zero-order valence-corrected chi connectivity index (χ0v) is 12.3. The third-order valence-electron chi connectivity index (χ3n) is 4.08. The number of nitrogens with zero attached hydrogens (tertiary/aromatic N) is 2. The van der Waals surface area contributed by atoms with E-state index in [1.165, 1.54) is 12.1 Å². The van der Waals surface area contributed by atoms with Crippen molar-refractivity contribution in [1.29, 1.82) is 0 Å². The van der Waals surface area contributed by atoms with Crippen LogP contribution in [0.15, 0.2) is 54.9 Å². The van der Waals surface area contributed by atoms with Crippen molar-refractivity contribution in [2.45, 2.75) is 13.1 Å². The quantitative estimate of drug-likeness (QED) is 0.806. The Hall–Kier alpha value is -2.95. The summed E-state index contributed by atoms with van der Waals surface area (Å²) in [6.45, 7) is 0.961. The van der Waals surface area contributed by atoms with Crippen molar-refractivity contribution < 1.29 is 9.18 Å². The summed E-state index contributed by atoms with van der Waals surface area (Å²) in [4.78, 5) is 14.4. The minimum atomic E-state index is -0.283. The molecule has 5 heteroatoms. The molecule has 0 unspecified atom stereocenters. The molecule has 2 aromatic carbocycles. The van der Waals surface area contributed by atoms with Gasteiger partial charge in [-0.1, -0.05) is 24.3 Å². The lowest BCUT2D eigenvalue weighted by molar-refractivity contribution is 0.0766. The number of benzene rings is 2. The SMILES string of the molecule is O=C1c2cc(-c3cn[nH]c3)ccc2CN1Cc1cccc(F)c1. The zero-order chi connectivity index (χ0) is 15.8. The summed E-state index contributed by atoms with van der Waals surface area (Å²) in [5.74, 6) is -0.302. The van der Waals surface area contributed by atoms with Gasteiger partial charge in [-0.25, -0.2) is 4.39 Å². The van der Waals surface area contributed by atoms with Gasteiger partial charge in [0, 0.05) is 30.4 Å². The van der Waals surface area contributed by atoms with E-state index in [2.05, 4.69) is 10.2 Å². The maximum absolute atomic E-state index is 13.3. The third-order valence-corrected chi connectivity index (χ3v) is 4.08. The molecule has 1 amide bonds. The first kappa shape index (κ1) is 13.7. The number of halogens is 1. The summed E-state index contributed by atoms with van der Waals surface area (Å²) >= 11 is 0. The molecule has 114 valence electrons. The molecular weight excluding hydrogens is 293 g/mol. The van der Waals surface area contributed by atoms with Gasteiger partial charge >= 0.3 is 0 Å². The van der Waals surface area contributed by atoms with Crippen molar-refractivity contribution >= 4 is 5.91 Å². The van der Waals surface area contributed by atoms with Crippen LogP contribution in [0.25, 0.3) is 11.1 Å². The number of fused-ring (bicyclic) bond motifs is 1. The summed E-state index contributed by atoms with van der Waals surface area (Å²) in [7, 11) is 0. The molecule has 0 fully saturated rings. The number of carbonyl (C=O) groups excluding carboxylic acids is 1. The summed E-state index contributed by atoms with van der Waals surface area (Å²) in [5.41, 5.74) is 4.41. The number of rotatable bonds is 3. The Balaban J connectivity index is 1.61. The Morgan fingerprint density at radius 2 is 2.09 bits per heavy atom. The normalized spacial score (nSPS) is 13.4. The molecule has 4 rings (SSSR count). The van der Waals surface area contributed by atoms with Crippen LogP contribution in [0.4, 0.5) is 4.39 Å². The van der Waals surface area contributed by atoms with E-state index < -0.39 is 0 Å². The largest absolute Gasteiger partial charge is 0.330 e. The molecule has 0 aliphatic carbocycles. The highest BCUT2D eigenvalue weighted by molar-refractivity contribution is 5.99. The van der Waals surface area contributed by atoms with Crippen LogP contribution >= 0.6 is 0 Å². The number of hydrogen-bond acceptors (Lipinski definition) is 2. The van der Waals surface area contributed by atoms with Crippen molar-refractivity contribution in [1.82, 2.24) is 15.1 Å². The summed E-state index contributed by atoms with van der Waals surface area (Å²) in [6, 6.07) is 12.2. The lowest BCUT2D eigenvalue weighted by Gasteiger charge is -2.15. The molecule has 0 radical (unpaired) electrons. The van der Waals surface area contributed by atoms with Crippen LogP contribution in [0.5, 0.6) is 0 Å². The maximum Gasteiger partial charge on any atom is 0.254 e. The van der Waals surface area contributed by atoms with Crippen LogP contribution in [0.3, 0.4) is 0 Å². The van der Waals surface area contributed by atoms with E-state index in [-0.39, 0.29) is 11.7 Å². The third kappa shape index (κ3) is 2.50. The van der Waals surface area contributed by atoms with Gasteiger partial charge in [-0.05, 0) is 34.9 Å². The van der Waals surface area contributed by atoms with E-state index in [1.807, 2.05) is 24.3 Å². The monoisotopic (exact) mass is 307 g/mol. The van der Waals surface area contributed by atoms with Crippen molar-refractivity contribution in [2.24, 2.45) is 0 Å². The predicted molar refractivity (Wildman–Crippen MR) is 84.0 cm³/mol. The number of amides is 1. The van der Waals surface area contributed by atoms with Crippen molar-refractivity contribution in [2.75, 3.05) is 0 Å². The fourth-order valence-corrected chi connectivity index (χ4v) is 2.93. The van der Waals surface area contributed by atoms with Gasteiger partial charge in [-0.2, -0.15) is 5.10 Å². The van der Waals surface area contributed by atoms with Crippen molar-refractivity contribution in [3.8, 4) is 11.1 Å². The number of H-pyrrole nitrogens is 1. The summed E-state index contributed by atoms with van der Waals surface area (Å²) < 4.78 is 13.3. The van der Waals surface area contributed by atoms with Crippen LogP contribution in [-0.2, 0) is 13.1 Å². The van der Waals surface area contributed by atoms with Gasteiger partial charge in [0.2, 0.25) is 0 Å². The molecule has 1 aliphatic rings. The number of nitrogens with one attached hydrogen (secondary N) is 1. The Bertz CT molecular complexity index is 874. The first-order chi connectivity index (χ1) is 11.2.